The molecule has 31 heavy (non-hydrogen) atoms. The number of nitrogens with zero attached hydrogens (tertiary/aromatic N) is 2. The largest absolute Gasteiger partial charge is 0.462 e. The Bertz CT molecular complexity index is 1240. The summed E-state index contributed by atoms with van der Waals surface area (Å²) in [6.45, 7) is 5.36. The molecule has 0 fully saturated rings. The van der Waals surface area contributed by atoms with Crippen molar-refractivity contribution >= 4 is 44.1 Å². The van der Waals surface area contributed by atoms with Crippen LogP contribution < -0.4 is 10.0 Å². The van der Waals surface area contributed by atoms with E-state index in [1.807, 2.05) is 13.0 Å². The Morgan fingerprint density at radius 1 is 1.10 bits per heavy atom. The van der Waals surface area contributed by atoms with E-state index >= 15 is 0 Å². The van der Waals surface area contributed by atoms with Crippen LogP contribution in [0, 0.1) is 13.8 Å². The van der Waals surface area contributed by atoms with Crippen molar-refractivity contribution < 1.29 is 22.7 Å². The highest BCUT2D eigenvalue weighted by Crippen LogP contribution is 2.26. The number of aryl methyl sites for hydroxylation is 1. The van der Waals surface area contributed by atoms with Crippen molar-refractivity contribution in [1.82, 2.24) is 10.2 Å². The van der Waals surface area contributed by atoms with E-state index in [4.69, 9.17) is 4.74 Å². The predicted molar refractivity (Wildman–Crippen MR) is 117 cm³/mol. The minimum Gasteiger partial charge on any atom is -0.462 e. The Labute approximate surface area is 183 Å². The van der Waals surface area contributed by atoms with Gasteiger partial charge in [0.1, 0.15) is 0 Å². The van der Waals surface area contributed by atoms with Gasteiger partial charge in [0.2, 0.25) is 5.13 Å². The van der Waals surface area contributed by atoms with Gasteiger partial charge in [0.05, 0.1) is 17.9 Å². The molecule has 0 saturated heterocycles. The number of esters is 1. The SMILES string of the molecule is CCOC(=O)c1cccc(NS(=O)(=O)c2nnc(NC(=O)c3cccc(C)c3)s2)c1C. The van der Waals surface area contributed by atoms with Crippen molar-refractivity contribution in [1.29, 1.82) is 0 Å². The molecule has 1 heterocycles. The quantitative estimate of drug-likeness (QED) is 0.409. The van der Waals surface area contributed by atoms with Gasteiger partial charge in [-0.05, 0) is 50.6 Å². The molecule has 0 unspecified atom stereocenters. The summed E-state index contributed by atoms with van der Waals surface area (Å²) < 4.78 is 32.6. The fourth-order valence-corrected chi connectivity index (χ4v) is 4.71. The van der Waals surface area contributed by atoms with Crippen LogP contribution in [-0.2, 0) is 14.8 Å². The highest BCUT2D eigenvalue weighted by molar-refractivity contribution is 7.94. The van der Waals surface area contributed by atoms with E-state index in [1.54, 1.807) is 44.2 Å². The van der Waals surface area contributed by atoms with Crippen molar-refractivity contribution in [3.63, 3.8) is 0 Å². The normalized spacial score (nSPS) is 11.1. The van der Waals surface area contributed by atoms with Crippen molar-refractivity contribution in [2.24, 2.45) is 0 Å². The number of nitrogens with one attached hydrogen (secondary N) is 2. The molecule has 0 aliphatic carbocycles. The van der Waals surface area contributed by atoms with Gasteiger partial charge >= 0.3 is 5.97 Å². The van der Waals surface area contributed by atoms with Crippen molar-refractivity contribution in [2.45, 2.75) is 25.1 Å². The number of ether oxygens (including phenoxy) is 1. The van der Waals surface area contributed by atoms with Gasteiger partial charge in [-0.1, -0.05) is 35.1 Å². The number of rotatable bonds is 7. The molecule has 9 nitrogen and oxygen atoms in total. The Balaban J connectivity index is 1.78. The van der Waals surface area contributed by atoms with E-state index in [2.05, 4.69) is 20.2 Å². The fourth-order valence-electron chi connectivity index (χ4n) is 2.69. The van der Waals surface area contributed by atoms with Crippen LogP contribution >= 0.6 is 11.3 Å². The lowest BCUT2D eigenvalue weighted by molar-refractivity contribution is 0.0525. The van der Waals surface area contributed by atoms with Crippen LogP contribution in [0.2, 0.25) is 0 Å². The van der Waals surface area contributed by atoms with E-state index in [-0.39, 0.29) is 27.3 Å². The Morgan fingerprint density at radius 2 is 1.84 bits per heavy atom. The van der Waals surface area contributed by atoms with Crippen LogP contribution in [0.1, 0.15) is 38.8 Å². The predicted octanol–water partition coefficient (Wildman–Crippen LogP) is 3.38. The first kappa shape index (κ1) is 22.4. The van der Waals surface area contributed by atoms with E-state index in [0.29, 0.717) is 22.5 Å². The number of hydrogen-bond donors (Lipinski definition) is 2. The summed E-state index contributed by atoms with van der Waals surface area (Å²) in [5.74, 6) is -0.965. The molecule has 3 aromatic rings. The standard InChI is InChI=1S/C20H20N4O5S2/c1-4-29-18(26)15-9-6-10-16(13(15)3)24-31(27,28)20-23-22-19(30-20)21-17(25)14-8-5-7-12(2)11-14/h5-11,24H,4H2,1-3H3,(H,21,22,25). The Hall–Kier alpha value is -3.31. The van der Waals surface area contributed by atoms with Crippen LogP contribution in [0.4, 0.5) is 10.8 Å². The second kappa shape index (κ2) is 9.23. The zero-order valence-electron chi connectivity index (χ0n) is 17.0. The maximum atomic E-state index is 12.7. The molecule has 3 rings (SSSR count). The van der Waals surface area contributed by atoms with Crippen molar-refractivity contribution in [3.8, 4) is 0 Å². The summed E-state index contributed by atoms with van der Waals surface area (Å²) >= 11 is 0.714. The van der Waals surface area contributed by atoms with E-state index in [9.17, 15) is 18.0 Å². The zero-order chi connectivity index (χ0) is 22.6. The maximum Gasteiger partial charge on any atom is 0.338 e. The molecule has 0 radical (unpaired) electrons. The number of amides is 1. The molecule has 0 aliphatic heterocycles. The minimum atomic E-state index is -4.09. The van der Waals surface area contributed by atoms with Crippen LogP contribution in [0.3, 0.4) is 0 Å². The lowest BCUT2D eigenvalue weighted by atomic mass is 10.1. The second-order valence-electron chi connectivity index (χ2n) is 6.50. The summed E-state index contributed by atoms with van der Waals surface area (Å²) in [5.41, 5.74) is 2.22. The fraction of sp³-hybridized carbons (Fsp3) is 0.200. The van der Waals surface area contributed by atoms with Gasteiger partial charge < -0.3 is 4.74 Å². The molecule has 0 aliphatic rings. The van der Waals surface area contributed by atoms with Gasteiger partial charge in [-0.25, -0.2) is 4.79 Å². The Morgan fingerprint density at radius 3 is 2.55 bits per heavy atom. The second-order valence-corrected chi connectivity index (χ2v) is 9.33. The number of carbonyl (C=O) groups excluding carboxylic acids is 2. The van der Waals surface area contributed by atoms with E-state index < -0.39 is 21.9 Å². The average Bonchev–Trinajstić information content (AvgIpc) is 3.19. The monoisotopic (exact) mass is 460 g/mol. The molecule has 11 heteroatoms. The van der Waals surface area contributed by atoms with Gasteiger partial charge in [0.25, 0.3) is 20.3 Å². The highest BCUT2D eigenvalue weighted by Gasteiger charge is 2.23. The molecular formula is C20H20N4O5S2. The van der Waals surface area contributed by atoms with E-state index in [1.165, 1.54) is 6.07 Å². The lowest BCUT2D eigenvalue weighted by Gasteiger charge is -2.11. The number of benzene rings is 2. The molecule has 162 valence electrons. The number of anilines is 2. The number of sulfonamides is 1. The average molecular weight is 461 g/mol. The van der Waals surface area contributed by atoms with Crippen molar-refractivity contribution in [2.75, 3.05) is 16.6 Å². The lowest BCUT2D eigenvalue weighted by Crippen LogP contribution is -2.15. The number of carbonyl (C=O) groups is 2. The van der Waals surface area contributed by atoms with Gasteiger partial charge in [-0.2, -0.15) is 8.42 Å². The Kier molecular flexibility index (Phi) is 6.66. The van der Waals surface area contributed by atoms with Gasteiger partial charge in [0, 0.05) is 5.56 Å². The highest BCUT2D eigenvalue weighted by atomic mass is 32.2. The first-order chi connectivity index (χ1) is 14.7. The van der Waals surface area contributed by atoms with E-state index in [0.717, 1.165) is 5.56 Å². The molecule has 2 aromatic carbocycles. The third-order valence-corrected chi connectivity index (χ3v) is 6.78. The molecule has 0 saturated carbocycles. The first-order valence-corrected chi connectivity index (χ1v) is 11.5. The molecule has 0 spiro atoms. The third-order valence-electron chi connectivity index (χ3n) is 4.21. The smallest absolute Gasteiger partial charge is 0.338 e. The summed E-state index contributed by atoms with van der Waals surface area (Å²) in [5, 5.41) is 10.0. The van der Waals surface area contributed by atoms with Gasteiger partial charge in [0.15, 0.2) is 0 Å². The summed E-state index contributed by atoms with van der Waals surface area (Å²) in [6.07, 6.45) is 0. The molecular weight excluding hydrogens is 440 g/mol. The molecule has 1 amide bonds. The van der Waals surface area contributed by atoms with Gasteiger partial charge in [-0.15, -0.1) is 10.2 Å². The summed E-state index contributed by atoms with van der Waals surface area (Å²) in [7, 11) is -4.09. The van der Waals surface area contributed by atoms with Crippen LogP contribution in [0.25, 0.3) is 0 Å². The number of hydrogen-bond acceptors (Lipinski definition) is 8. The molecule has 1 aromatic heterocycles. The van der Waals surface area contributed by atoms with Gasteiger partial charge in [-0.3, -0.25) is 14.8 Å². The number of aromatic nitrogens is 2. The van der Waals surface area contributed by atoms with Crippen LogP contribution in [-0.4, -0.2) is 37.1 Å². The van der Waals surface area contributed by atoms with Crippen LogP contribution in [0.5, 0.6) is 0 Å². The third kappa shape index (κ3) is 5.25. The molecule has 0 bridgehead atoms. The topological polar surface area (TPSA) is 127 Å². The summed E-state index contributed by atoms with van der Waals surface area (Å²) in [4.78, 5) is 24.4. The zero-order valence-corrected chi connectivity index (χ0v) is 18.6. The first-order valence-electron chi connectivity index (χ1n) is 9.22. The van der Waals surface area contributed by atoms with Crippen LogP contribution in [0.15, 0.2) is 46.8 Å². The van der Waals surface area contributed by atoms with Crippen molar-refractivity contribution in [3.05, 3.63) is 64.7 Å². The minimum absolute atomic E-state index is 0.0453. The summed E-state index contributed by atoms with van der Waals surface area (Å²) in [6, 6.07) is 11.6. The maximum absolute atomic E-state index is 12.7. The molecule has 0 atom stereocenters. The molecule has 2 N–H and O–H groups in total.